The minimum Gasteiger partial charge on any atom is -0.497 e. The Morgan fingerprint density at radius 1 is 1.06 bits per heavy atom. The van der Waals surface area contributed by atoms with Crippen LogP contribution in [0.15, 0.2) is 24.3 Å². The van der Waals surface area contributed by atoms with Crippen molar-refractivity contribution in [2.24, 2.45) is 0 Å². The summed E-state index contributed by atoms with van der Waals surface area (Å²) >= 11 is 0. The highest BCUT2D eigenvalue weighted by atomic mass is 16.5. The molecule has 0 bridgehead atoms. The molecule has 0 unspecified atom stereocenters. The molecule has 102 valence electrons. The molecule has 0 aliphatic carbocycles. The van der Waals surface area contributed by atoms with Crippen molar-refractivity contribution >= 4 is 0 Å². The maximum absolute atomic E-state index is 5.19. The highest BCUT2D eigenvalue weighted by Gasteiger charge is 1.95. The lowest BCUT2D eigenvalue weighted by Crippen LogP contribution is -2.24. The SMILES string of the molecule is COCCNCCCNCc1cccc(OC)c1. The number of ether oxygens (including phenoxy) is 2. The zero-order chi connectivity index (χ0) is 13.1. The summed E-state index contributed by atoms with van der Waals surface area (Å²) in [6, 6.07) is 8.14. The van der Waals surface area contributed by atoms with Crippen LogP contribution < -0.4 is 15.4 Å². The predicted molar refractivity (Wildman–Crippen MR) is 74.1 cm³/mol. The van der Waals surface area contributed by atoms with Crippen molar-refractivity contribution < 1.29 is 9.47 Å². The van der Waals surface area contributed by atoms with Gasteiger partial charge in [-0.25, -0.2) is 0 Å². The Morgan fingerprint density at radius 2 is 1.89 bits per heavy atom. The van der Waals surface area contributed by atoms with E-state index >= 15 is 0 Å². The molecule has 0 aromatic heterocycles. The lowest BCUT2D eigenvalue weighted by Gasteiger charge is -2.07. The van der Waals surface area contributed by atoms with E-state index in [4.69, 9.17) is 9.47 Å². The Kier molecular flexibility index (Phi) is 8.21. The summed E-state index contributed by atoms with van der Waals surface area (Å²) in [5.74, 6) is 0.913. The molecule has 1 rings (SSSR count). The third-order valence-electron chi connectivity index (χ3n) is 2.65. The number of nitrogens with one attached hydrogen (secondary N) is 2. The molecule has 0 saturated carbocycles. The Morgan fingerprint density at radius 3 is 2.67 bits per heavy atom. The molecular formula is C14H24N2O2. The Bertz CT molecular complexity index is 318. The number of benzene rings is 1. The first-order valence-corrected chi connectivity index (χ1v) is 6.40. The molecule has 0 radical (unpaired) electrons. The minimum atomic E-state index is 0.775. The molecular weight excluding hydrogens is 228 g/mol. The fourth-order valence-corrected chi connectivity index (χ4v) is 1.65. The Balaban J connectivity index is 2.03. The monoisotopic (exact) mass is 252 g/mol. The number of hydrogen-bond acceptors (Lipinski definition) is 4. The second-order valence-corrected chi connectivity index (χ2v) is 4.12. The van der Waals surface area contributed by atoms with Gasteiger partial charge in [-0.3, -0.25) is 0 Å². The topological polar surface area (TPSA) is 42.5 Å². The average Bonchev–Trinajstić information content (AvgIpc) is 2.42. The van der Waals surface area contributed by atoms with Gasteiger partial charge in [0.05, 0.1) is 13.7 Å². The molecule has 0 amide bonds. The van der Waals surface area contributed by atoms with Crippen LogP contribution in [0.5, 0.6) is 5.75 Å². The van der Waals surface area contributed by atoms with E-state index in [2.05, 4.69) is 22.8 Å². The molecule has 0 heterocycles. The van der Waals surface area contributed by atoms with E-state index in [1.54, 1.807) is 14.2 Å². The van der Waals surface area contributed by atoms with Crippen LogP contribution in [0.1, 0.15) is 12.0 Å². The van der Waals surface area contributed by atoms with Crippen LogP contribution in [0, 0.1) is 0 Å². The van der Waals surface area contributed by atoms with Gasteiger partial charge in [0.2, 0.25) is 0 Å². The van der Waals surface area contributed by atoms with Crippen molar-refractivity contribution in [3.05, 3.63) is 29.8 Å². The zero-order valence-electron chi connectivity index (χ0n) is 11.4. The van der Waals surface area contributed by atoms with E-state index in [0.29, 0.717) is 0 Å². The van der Waals surface area contributed by atoms with Gasteiger partial charge in [-0.2, -0.15) is 0 Å². The largest absolute Gasteiger partial charge is 0.497 e. The van der Waals surface area contributed by atoms with Crippen LogP contribution in [-0.4, -0.2) is 40.5 Å². The van der Waals surface area contributed by atoms with Gasteiger partial charge >= 0.3 is 0 Å². The second kappa shape index (κ2) is 9.88. The van der Waals surface area contributed by atoms with Crippen molar-refractivity contribution in [2.75, 3.05) is 40.5 Å². The third-order valence-corrected chi connectivity index (χ3v) is 2.65. The molecule has 0 aliphatic heterocycles. The predicted octanol–water partition coefficient (Wildman–Crippen LogP) is 1.41. The van der Waals surface area contributed by atoms with E-state index in [-0.39, 0.29) is 0 Å². The molecule has 4 heteroatoms. The van der Waals surface area contributed by atoms with Gasteiger partial charge in [0.25, 0.3) is 0 Å². The summed E-state index contributed by atoms with van der Waals surface area (Å²) in [7, 11) is 3.41. The van der Waals surface area contributed by atoms with E-state index in [1.807, 2.05) is 12.1 Å². The van der Waals surface area contributed by atoms with Gasteiger partial charge in [-0.1, -0.05) is 12.1 Å². The minimum absolute atomic E-state index is 0.775. The molecule has 0 fully saturated rings. The molecule has 0 spiro atoms. The van der Waals surface area contributed by atoms with Crippen molar-refractivity contribution in [1.29, 1.82) is 0 Å². The molecule has 0 aliphatic rings. The average molecular weight is 252 g/mol. The summed E-state index contributed by atoms with van der Waals surface area (Å²) in [4.78, 5) is 0. The van der Waals surface area contributed by atoms with Crippen molar-refractivity contribution in [3.63, 3.8) is 0 Å². The maximum Gasteiger partial charge on any atom is 0.119 e. The van der Waals surface area contributed by atoms with Crippen molar-refractivity contribution in [2.45, 2.75) is 13.0 Å². The first kappa shape index (κ1) is 15.0. The fraction of sp³-hybridized carbons (Fsp3) is 0.571. The summed E-state index contributed by atoms with van der Waals surface area (Å²) in [6.45, 7) is 4.62. The zero-order valence-corrected chi connectivity index (χ0v) is 11.4. The fourth-order valence-electron chi connectivity index (χ4n) is 1.65. The van der Waals surface area contributed by atoms with Crippen LogP contribution >= 0.6 is 0 Å². The van der Waals surface area contributed by atoms with Gasteiger partial charge in [-0.15, -0.1) is 0 Å². The van der Waals surface area contributed by atoms with Crippen LogP contribution in [0.4, 0.5) is 0 Å². The molecule has 0 atom stereocenters. The van der Waals surface area contributed by atoms with E-state index in [1.165, 1.54) is 5.56 Å². The Labute approximate surface area is 110 Å². The van der Waals surface area contributed by atoms with Gasteiger partial charge in [0.15, 0.2) is 0 Å². The number of hydrogen-bond donors (Lipinski definition) is 2. The van der Waals surface area contributed by atoms with Crippen LogP contribution in [-0.2, 0) is 11.3 Å². The van der Waals surface area contributed by atoms with Gasteiger partial charge in [0.1, 0.15) is 5.75 Å². The molecule has 1 aromatic rings. The lowest BCUT2D eigenvalue weighted by molar-refractivity contribution is 0.199. The number of methoxy groups -OCH3 is 2. The molecule has 4 nitrogen and oxygen atoms in total. The highest BCUT2D eigenvalue weighted by molar-refractivity contribution is 5.28. The number of rotatable bonds is 10. The summed E-state index contributed by atoms with van der Waals surface area (Å²) in [5, 5.41) is 6.74. The first-order chi connectivity index (χ1) is 8.86. The normalized spacial score (nSPS) is 10.6. The molecule has 2 N–H and O–H groups in total. The standard InChI is InChI=1S/C14H24N2O2/c1-17-10-9-15-7-4-8-16-12-13-5-3-6-14(11-13)18-2/h3,5-6,11,15-16H,4,7-10,12H2,1-2H3. The van der Waals surface area contributed by atoms with Gasteiger partial charge in [-0.05, 0) is 37.2 Å². The lowest BCUT2D eigenvalue weighted by atomic mass is 10.2. The van der Waals surface area contributed by atoms with Crippen LogP contribution in [0.25, 0.3) is 0 Å². The van der Waals surface area contributed by atoms with E-state index in [0.717, 1.165) is 45.0 Å². The first-order valence-electron chi connectivity index (χ1n) is 6.40. The van der Waals surface area contributed by atoms with Gasteiger partial charge in [0, 0.05) is 20.2 Å². The summed E-state index contributed by atoms with van der Waals surface area (Å²) in [5.41, 5.74) is 1.25. The van der Waals surface area contributed by atoms with E-state index < -0.39 is 0 Å². The molecule has 1 aromatic carbocycles. The second-order valence-electron chi connectivity index (χ2n) is 4.12. The Hall–Kier alpha value is -1.10. The highest BCUT2D eigenvalue weighted by Crippen LogP contribution is 2.11. The molecule has 0 saturated heterocycles. The van der Waals surface area contributed by atoms with Crippen LogP contribution in [0.2, 0.25) is 0 Å². The summed E-state index contributed by atoms with van der Waals surface area (Å²) in [6.07, 6.45) is 1.12. The van der Waals surface area contributed by atoms with Crippen molar-refractivity contribution in [1.82, 2.24) is 10.6 Å². The quantitative estimate of drug-likeness (QED) is 0.618. The smallest absolute Gasteiger partial charge is 0.119 e. The van der Waals surface area contributed by atoms with Crippen molar-refractivity contribution in [3.8, 4) is 5.75 Å². The maximum atomic E-state index is 5.19. The van der Waals surface area contributed by atoms with Gasteiger partial charge < -0.3 is 20.1 Å². The molecule has 18 heavy (non-hydrogen) atoms. The van der Waals surface area contributed by atoms with E-state index in [9.17, 15) is 0 Å². The van der Waals surface area contributed by atoms with Crippen LogP contribution in [0.3, 0.4) is 0 Å². The summed E-state index contributed by atoms with van der Waals surface area (Å²) < 4.78 is 10.1. The third kappa shape index (κ3) is 6.59.